The molecular formula is C26H31Cl2NO7. The Morgan fingerprint density at radius 2 is 1.58 bits per heavy atom. The van der Waals surface area contributed by atoms with Crippen LogP contribution in [0.4, 0.5) is 9.59 Å². The van der Waals surface area contributed by atoms with Crippen LogP contribution in [0.15, 0.2) is 42.5 Å². The van der Waals surface area contributed by atoms with Gasteiger partial charge in [0.1, 0.15) is 24.0 Å². The second-order valence-electron chi connectivity index (χ2n) is 9.41. The number of esters is 1. The molecule has 1 atom stereocenters. The fourth-order valence-electron chi connectivity index (χ4n) is 2.84. The quantitative estimate of drug-likeness (QED) is 0.293. The van der Waals surface area contributed by atoms with Gasteiger partial charge in [-0.3, -0.25) is 0 Å². The van der Waals surface area contributed by atoms with Gasteiger partial charge in [0.15, 0.2) is 0 Å². The van der Waals surface area contributed by atoms with Crippen LogP contribution < -0.4 is 10.1 Å². The van der Waals surface area contributed by atoms with E-state index in [0.717, 1.165) is 0 Å². The van der Waals surface area contributed by atoms with Crippen LogP contribution in [0, 0.1) is 5.92 Å². The van der Waals surface area contributed by atoms with E-state index in [2.05, 4.69) is 5.32 Å². The molecule has 2 rings (SSSR count). The van der Waals surface area contributed by atoms with Crippen molar-refractivity contribution < 1.29 is 33.3 Å². The summed E-state index contributed by atoms with van der Waals surface area (Å²) < 4.78 is 20.7. The van der Waals surface area contributed by atoms with Gasteiger partial charge < -0.3 is 24.3 Å². The molecule has 0 aliphatic rings. The highest BCUT2D eigenvalue weighted by Gasteiger charge is 2.28. The Morgan fingerprint density at radius 3 is 2.14 bits per heavy atom. The minimum absolute atomic E-state index is 0.0339. The smallest absolute Gasteiger partial charge is 0.489 e. The number of halogens is 2. The predicted molar refractivity (Wildman–Crippen MR) is 136 cm³/mol. The molecule has 0 heterocycles. The largest absolute Gasteiger partial charge is 0.516 e. The molecular weight excluding hydrogens is 509 g/mol. The van der Waals surface area contributed by atoms with Gasteiger partial charge in [0.2, 0.25) is 0 Å². The van der Waals surface area contributed by atoms with Crippen LogP contribution in [0.2, 0.25) is 10.0 Å². The van der Waals surface area contributed by atoms with E-state index in [1.165, 1.54) is 0 Å². The molecule has 1 N–H and O–H groups in total. The molecule has 10 heteroatoms. The molecule has 0 fully saturated rings. The summed E-state index contributed by atoms with van der Waals surface area (Å²) in [6.07, 6.45) is -1.92. The van der Waals surface area contributed by atoms with Crippen LogP contribution in [-0.2, 0) is 32.0 Å². The number of alkyl carbamates (subject to hydrolysis) is 1. The normalized spacial score (nSPS) is 12.0. The van der Waals surface area contributed by atoms with E-state index in [9.17, 15) is 14.4 Å². The third-order valence-electron chi connectivity index (χ3n) is 4.50. The number of benzene rings is 2. The first-order valence-corrected chi connectivity index (χ1v) is 12.1. The maximum absolute atomic E-state index is 12.7. The average Bonchev–Trinajstić information content (AvgIpc) is 2.76. The molecule has 36 heavy (non-hydrogen) atoms. The first kappa shape index (κ1) is 29.3. The van der Waals surface area contributed by atoms with Gasteiger partial charge in [0.25, 0.3) is 0 Å². The fourth-order valence-corrected chi connectivity index (χ4v) is 3.35. The van der Waals surface area contributed by atoms with Gasteiger partial charge in [-0.25, -0.2) is 14.4 Å². The van der Waals surface area contributed by atoms with E-state index in [4.69, 9.17) is 42.1 Å². The van der Waals surface area contributed by atoms with Crippen molar-refractivity contribution in [1.29, 1.82) is 0 Å². The number of carbonyl (C=O) groups excluding carboxylic acids is 3. The van der Waals surface area contributed by atoms with Crippen molar-refractivity contribution in [1.82, 2.24) is 5.32 Å². The zero-order valence-corrected chi connectivity index (χ0v) is 22.4. The summed E-state index contributed by atoms with van der Waals surface area (Å²) in [5.41, 5.74) is 0.559. The van der Waals surface area contributed by atoms with Gasteiger partial charge in [-0.1, -0.05) is 55.2 Å². The molecule has 0 saturated heterocycles. The predicted octanol–water partition coefficient (Wildman–Crippen LogP) is 6.34. The summed E-state index contributed by atoms with van der Waals surface area (Å²) in [6.45, 7) is 9.03. The van der Waals surface area contributed by atoms with Gasteiger partial charge in [0.05, 0.1) is 6.61 Å². The highest BCUT2D eigenvalue weighted by molar-refractivity contribution is 6.35. The molecule has 0 aliphatic heterocycles. The summed E-state index contributed by atoms with van der Waals surface area (Å²) >= 11 is 12.3. The van der Waals surface area contributed by atoms with E-state index in [1.54, 1.807) is 63.2 Å². The van der Waals surface area contributed by atoms with Crippen LogP contribution in [0.5, 0.6) is 5.75 Å². The van der Waals surface area contributed by atoms with Crippen LogP contribution in [-0.4, -0.2) is 36.5 Å². The van der Waals surface area contributed by atoms with Crippen LogP contribution in [0.3, 0.4) is 0 Å². The Balaban J connectivity index is 2.07. The lowest BCUT2D eigenvalue weighted by molar-refractivity contribution is -0.142. The molecule has 0 radical (unpaired) electrons. The number of carbonyl (C=O) groups is 3. The summed E-state index contributed by atoms with van der Waals surface area (Å²) in [4.78, 5) is 36.8. The maximum atomic E-state index is 12.7. The van der Waals surface area contributed by atoms with Crippen molar-refractivity contribution >= 4 is 41.4 Å². The van der Waals surface area contributed by atoms with Crippen molar-refractivity contribution in [2.24, 2.45) is 5.92 Å². The third kappa shape index (κ3) is 10.3. The lowest BCUT2D eigenvalue weighted by Crippen LogP contribution is -2.46. The molecule has 0 spiro atoms. The van der Waals surface area contributed by atoms with E-state index in [0.29, 0.717) is 26.9 Å². The summed E-state index contributed by atoms with van der Waals surface area (Å²) in [5.74, 6) is -0.354. The third-order valence-corrected chi connectivity index (χ3v) is 5.21. The summed E-state index contributed by atoms with van der Waals surface area (Å²) in [5, 5.41) is 3.46. The van der Waals surface area contributed by atoms with Crippen molar-refractivity contribution in [3.63, 3.8) is 0 Å². The van der Waals surface area contributed by atoms with Crippen molar-refractivity contribution in [2.75, 3.05) is 6.61 Å². The SMILES string of the molecule is CC(C)COC(=O)OC(=O)[C@H](Cc1ccc(OCc2c(Cl)cccc2Cl)cc1)NC(=O)OC(C)(C)C. The molecule has 2 aromatic rings. The second-order valence-corrected chi connectivity index (χ2v) is 10.2. The number of ether oxygens (including phenoxy) is 4. The Bertz CT molecular complexity index is 1030. The minimum atomic E-state index is -1.19. The average molecular weight is 540 g/mol. The van der Waals surface area contributed by atoms with Crippen LogP contribution in [0.1, 0.15) is 45.7 Å². The lowest BCUT2D eigenvalue weighted by atomic mass is 10.1. The van der Waals surface area contributed by atoms with Gasteiger partial charge in [-0.15, -0.1) is 0 Å². The van der Waals surface area contributed by atoms with E-state index < -0.39 is 29.9 Å². The van der Waals surface area contributed by atoms with E-state index in [-0.39, 0.29) is 25.6 Å². The molecule has 2 aromatic carbocycles. The van der Waals surface area contributed by atoms with Crippen molar-refractivity contribution in [3.05, 3.63) is 63.6 Å². The number of rotatable bonds is 9. The number of hydrogen-bond acceptors (Lipinski definition) is 7. The van der Waals surface area contributed by atoms with Crippen LogP contribution in [0.25, 0.3) is 0 Å². The molecule has 196 valence electrons. The molecule has 0 aromatic heterocycles. The Morgan fingerprint density at radius 1 is 0.972 bits per heavy atom. The zero-order valence-electron chi connectivity index (χ0n) is 20.9. The molecule has 0 bridgehead atoms. The number of hydrogen-bond donors (Lipinski definition) is 1. The second kappa shape index (κ2) is 13.4. The topological polar surface area (TPSA) is 100 Å². The molecule has 0 unspecified atom stereocenters. The fraction of sp³-hybridized carbons (Fsp3) is 0.423. The van der Waals surface area contributed by atoms with E-state index in [1.807, 2.05) is 13.8 Å². The Labute approximate surface area is 221 Å². The molecule has 0 aliphatic carbocycles. The summed E-state index contributed by atoms with van der Waals surface area (Å²) in [7, 11) is 0. The van der Waals surface area contributed by atoms with Gasteiger partial charge >= 0.3 is 18.2 Å². The van der Waals surface area contributed by atoms with Gasteiger partial charge in [-0.2, -0.15) is 0 Å². The standard InChI is InChI=1S/C26H31Cl2NO7/c1-16(2)14-34-25(32)35-23(30)22(29-24(31)36-26(3,4)5)13-17-9-11-18(12-10-17)33-15-19-20(27)7-6-8-21(19)28/h6-12,16,22H,13-15H2,1-5H3,(H,29,31)/t22-/m0/s1. The Hall–Kier alpha value is -2.97. The summed E-state index contributed by atoms with van der Waals surface area (Å²) in [6, 6.07) is 10.9. The lowest BCUT2D eigenvalue weighted by Gasteiger charge is -2.22. The first-order chi connectivity index (χ1) is 16.8. The van der Waals surface area contributed by atoms with Gasteiger partial charge in [-0.05, 0) is 56.5 Å². The van der Waals surface area contributed by atoms with Gasteiger partial charge in [0, 0.05) is 22.0 Å². The molecule has 0 saturated carbocycles. The van der Waals surface area contributed by atoms with E-state index >= 15 is 0 Å². The molecule has 8 nitrogen and oxygen atoms in total. The van der Waals surface area contributed by atoms with Crippen molar-refractivity contribution in [3.8, 4) is 5.75 Å². The minimum Gasteiger partial charge on any atom is -0.489 e. The first-order valence-electron chi connectivity index (χ1n) is 11.4. The molecule has 1 amide bonds. The van der Waals surface area contributed by atoms with Crippen LogP contribution >= 0.6 is 23.2 Å². The highest BCUT2D eigenvalue weighted by atomic mass is 35.5. The monoisotopic (exact) mass is 539 g/mol. The highest BCUT2D eigenvalue weighted by Crippen LogP contribution is 2.26. The van der Waals surface area contributed by atoms with Crippen molar-refractivity contribution in [2.45, 2.75) is 59.3 Å². The zero-order chi connectivity index (χ0) is 26.9. The number of amides is 1. The number of nitrogens with one attached hydrogen (secondary N) is 1. The Kier molecular flexibility index (Phi) is 10.9. The maximum Gasteiger partial charge on any atom is 0.516 e.